The Bertz CT molecular complexity index is 1940. The second-order valence-corrected chi connectivity index (χ2v) is 11.4. The number of nitrogens with two attached hydrogens (primary N) is 2. The topological polar surface area (TPSA) is 122 Å². The van der Waals surface area contributed by atoms with Crippen LogP contribution in [0, 0.1) is 17.0 Å². The Morgan fingerprint density at radius 3 is 2.50 bits per heavy atom. The number of fused-ring (bicyclic) bond motifs is 3. The summed E-state index contributed by atoms with van der Waals surface area (Å²) in [6.07, 6.45) is 0. The van der Waals surface area contributed by atoms with Crippen molar-refractivity contribution < 1.29 is 17.6 Å². The maximum Gasteiger partial charge on any atom is 0.202 e. The number of nitrogen functional groups attached to an aromatic ring is 1. The predicted molar refractivity (Wildman–Crippen MR) is 166 cm³/mol. The van der Waals surface area contributed by atoms with E-state index in [-0.39, 0.29) is 44.5 Å². The molecule has 1 aliphatic heterocycles. The van der Waals surface area contributed by atoms with Gasteiger partial charge in [-0.15, -0.1) is 0 Å². The lowest BCUT2D eigenvalue weighted by atomic mass is 9.59. The molecule has 0 saturated heterocycles. The first-order valence-corrected chi connectivity index (χ1v) is 13.6. The lowest BCUT2D eigenvalue weighted by Crippen LogP contribution is -2.53. The maximum absolute atomic E-state index is 15.3. The SMILES string of the molecule is [B]C(C)(F)C([B])(C)n1c(=N)n(C)c2c3c(c(N=C(N)c4cc(F)cc(CF)c4NN)cc21)C(c1cc(F)ccc1Cl)NC3=C. The highest BCUT2D eigenvalue weighted by atomic mass is 35.5. The number of aryl methyl sites for hydroxylation is 1. The molecule has 7 N–H and O–H groups in total. The number of amidine groups is 1. The summed E-state index contributed by atoms with van der Waals surface area (Å²) in [4.78, 5) is 4.60. The van der Waals surface area contributed by atoms with Crippen molar-refractivity contribution in [3.8, 4) is 0 Å². The van der Waals surface area contributed by atoms with E-state index in [0.29, 0.717) is 27.9 Å². The van der Waals surface area contributed by atoms with Gasteiger partial charge in [0.1, 0.15) is 39.8 Å². The quantitative estimate of drug-likeness (QED) is 0.0520. The Morgan fingerprint density at radius 2 is 1.89 bits per heavy atom. The van der Waals surface area contributed by atoms with E-state index in [0.717, 1.165) is 19.1 Å². The zero-order chi connectivity index (χ0) is 32.5. The average Bonchev–Trinajstić information content (AvgIpc) is 3.41. The normalized spacial score (nSPS) is 17.7. The fourth-order valence-corrected chi connectivity index (χ4v) is 5.76. The van der Waals surface area contributed by atoms with Crippen LogP contribution in [0.25, 0.3) is 16.7 Å². The van der Waals surface area contributed by atoms with Gasteiger partial charge in [0.25, 0.3) is 0 Å². The van der Waals surface area contributed by atoms with Gasteiger partial charge in [0, 0.05) is 51.0 Å². The van der Waals surface area contributed by atoms with Gasteiger partial charge in [-0.3, -0.25) is 15.6 Å². The zero-order valence-electron chi connectivity index (χ0n) is 24.0. The number of alkyl halides is 2. The number of benzene rings is 3. The van der Waals surface area contributed by atoms with Gasteiger partial charge >= 0.3 is 0 Å². The van der Waals surface area contributed by atoms with E-state index in [2.05, 4.69) is 22.3 Å². The summed E-state index contributed by atoms with van der Waals surface area (Å²) in [7, 11) is 13.9. The molecular weight excluding hydrogens is 593 g/mol. The predicted octanol–water partition coefficient (Wildman–Crippen LogP) is 4.54. The number of hydrogen-bond donors (Lipinski definition) is 5. The average molecular weight is 621 g/mol. The number of hydrogen-bond acceptors (Lipinski definition) is 5. The zero-order valence-corrected chi connectivity index (χ0v) is 24.8. The maximum atomic E-state index is 15.3. The molecule has 15 heteroatoms. The van der Waals surface area contributed by atoms with Crippen LogP contribution >= 0.6 is 11.6 Å². The lowest BCUT2D eigenvalue weighted by Gasteiger charge is -2.38. The van der Waals surface area contributed by atoms with E-state index in [9.17, 15) is 13.2 Å². The van der Waals surface area contributed by atoms with E-state index in [4.69, 9.17) is 44.3 Å². The van der Waals surface area contributed by atoms with Crippen LogP contribution < -0.4 is 27.9 Å². The molecule has 0 fully saturated rings. The first-order chi connectivity index (χ1) is 20.5. The Balaban J connectivity index is 1.93. The van der Waals surface area contributed by atoms with Crippen molar-refractivity contribution in [3.05, 3.63) is 93.1 Å². The number of aliphatic imine (C=N–C) groups is 1. The molecule has 0 saturated carbocycles. The van der Waals surface area contributed by atoms with Gasteiger partial charge in [-0.1, -0.05) is 18.2 Å². The summed E-state index contributed by atoms with van der Waals surface area (Å²) < 4.78 is 60.8. The highest BCUT2D eigenvalue weighted by Gasteiger charge is 2.41. The van der Waals surface area contributed by atoms with E-state index in [1.54, 1.807) is 7.05 Å². The van der Waals surface area contributed by atoms with Gasteiger partial charge < -0.3 is 25.6 Å². The minimum Gasteiger partial charge on any atom is -0.383 e. The molecule has 44 heavy (non-hydrogen) atoms. The highest BCUT2D eigenvalue weighted by Crippen LogP contribution is 2.47. The molecule has 5 rings (SSSR count). The molecule has 8 nitrogen and oxygen atoms in total. The van der Waals surface area contributed by atoms with Gasteiger partial charge in [0.2, 0.25) is 5.62 Å². The van der Waals surface area contributed by atoms with Gasteiger partial charge in [-0.2, -0.15) is 0 Å². The number of nitrogens with zero attached hydrogens (tertiary/aromatic N) is 3. The largest absolute Gasteiger partial charge is 0.383 e. The van der Waals surface area contributed by atoms with E-state index >= 15 is 4.39 Å². The molecule has 2 heterocycles. The first kappa shape index (κ1) is 31.3. The second kappa shape index (κ2) is 10.8. The van der Waals surface area contributed by atoms with Gasteiger partial charge in [-0.25, -0.2) is 18.2 Å². The van der Waals surface area contributed by atoms with E-state index in [1.165, 1.54) is 40.3 Å². The molecule has 0 spiro atoms. The van der Waals surface area contributed by atoms with Gasteiger partial charge in [0.15, 0.2) is 0 Å². The van der Waals surface area contributed by atoms with Crippen molar-refractivity contribution in [3.63, 3.8) is 0 Å². The summed E-state index contributed by atoms with van der Waals surface area (Å²) in [5, 5.41) is 12.3. The summed E-state index contributed by atoms with van der Waals surface area (Å²) in [5.41, 5.74) is 6.30. The highest BCUT2D eigenvalue weighted by molar-refractivity contribution is 6.31. The number of rotatable bonds is 7. The molecule has 4 aromatic rings. The molecule has 0 aliphatic carbocycles. The van der Waals surface area contributed by atoms with Crippen LogP contribution in [0.3, 0.4) is 0 Å². The van der Waals surface area contributed by atoms with Crippen molar-refractivity contribution in [1.82, 2.24) is 14.5 Å². The molecule has 3 atom stereocenters. The molecule has 1 aliphatic rings. The Labute approximate surface area is 258 Å². The molecule has 3 aromatic carbocycles. The van der Waals surface area contributed by atoms with Crippen LogP contribution in [0.5, 0.6) is 0 Å². The van der Waals surface area contributed by atoms with Crippen LogP contribution in [0.2, 0.25) is 5.02 Å². The van der Waals surface area contributed by atoms with Crippen LogP contribution in [0.1, 0.15) is 47.7 Å². The minimum absolute atomic E-state index is 0.00853. The van der Waals surface area contributed by atoms with Crippen molar-refractivity contribution in [2.45, 2.75) is 37.6 Å². The molecule has 224 valence electrons. The Kier molecular flexibility index (Phi) is 7.66. The van der Waals surface area contributed by atoms with E-state index < -0.39 is 35.4 Å². The third kappa shape index (κ3) is 4.76. The third-order valence-corrected chi connectivity index (χ3v) is 8.37. The smallest absolute Gasteiger partial charge is 0.202 e. The Morgan fingerprint density at radius 1 is 1.20 bits per heavy atom. The minimum atomic E-state index is -2.50. The summed E-state index contributed by atoms with van der Waals surface area (Å²) in [6, 6.07) is 6.55. The summed E-state index contributed by atoms with van der Waals surface area (Å²) in [6.45, 7) is 5.52. The Hall–Kier alpha value is -4.16. The van der Waals surface area contributed by atoms with Gasteiger partial charge in [-0.05, 0) is 50.2 Å². The number of hydrazine groups is 1. The van der Waals surface area contributed by atoms with Crippen LogP contribution in [-0.2, 0) is 19.2 Å². The van der Waals surface area contributed by atoms with E-state index in [1.807, 2.05) is 0 Å². The lowest BCUT2D eigenvalue weighted by molar-refractivity contribution is 0.178. The summed E-state index contributed by atoms with van der Waals surface area (Å²) >= 11 is 6.52. The third-order valence-electron chi connectivity index (χ3n) is 8.03. The monoisotopic (exact) mass is 620 g/mol. The van der Waals surface area contributed by atoms with Gasteiger partial charge in [0.05, 0.1) is 34.0 Å². The van der Waals surface area contributed by atoms with Crippen molar-refractivity contribution in [2.24, 2.45) is 23.6 Å². The number of halogens is 5. The molecular formula is C29H27B2ClF4N8. The molecule has 0 bridgehead atoms. The number of anilines is 1. The molecule has 1 aromatic heterocycles. The molecule has 3 unspecified atom stereocenters. The molecule has 4 radical (unpaired) electrons. The van der Waals surface area contributed by atoms with Crippen molar-refractivity contribution >= 4 is 61.2 Å². The van der Waals surface area contributed by atoms with Crippen LogP contribution in [0.15, 0.2) is 48.0 Å². The van der Waals surface area contributed by atoms with Crippen LogP contribution in [0.4, 0.5) is 28.9 Å². The van der Waals surface area contributed by atoms with Crippen LogP contribution in [-0.4, -0.2) is 36.2 Å². The second-order valence-electron chi connectivity index (χ2n) is 11.0. The summed E-state index contributed by atoms with van der Waals surface area (Å²) in [5.74, 6) is 4.03. The van der Waals surface area contributed by atoms with Crippen molar-refractivity contribution in [2.75, 3.05) is 5.43 Å². The fourth-order valence-electron chi connectivity index (χ4n) is 5.54. The molecule has 0 amide bonds. The first-order valence-electron chi connectivity index (χ1n) is 13.2. The number of imidazole rings is 1. The standard InChI is InChI=1S/C29H27B2ClF4N8/c1-12-21-22(24(40-12)16-8-14(34)5-6-18(16)32)19(41-26(37)17-9-15(35)7-13(11-33)23(17)42-39)10-20-25(21)43(4)27(38)44(20)29(3,31)28(2,30)36/h5-10,24,38,40,42H,1,11,39H2,2-4H3,(H2,37,41). The fraction of sp³-hybridized carbons (Fsp3) is 0.241. The van der Waals surface area contributed by atoms with Crippen molar-refractivity contribution in [1.29, 1.82) is 5.41 Å². The number of nitrogens with one attached hydrogen (secondary N) is 3. The number of aromatic nitrogens is 2.